The van der Waals surface area contributed by atoms with Crippen molar-refractivity contribution in [3.63, 3.8) is 0 Å². The van der Waals surface area contributed by atoms with Gasteiger partial charge in [0, 0.05) is 15.7 Å². The molecule has 0 aliphatic rings. The molecule has 2 rings (SSSR count). The number of carboxylic acid groups (broad SMARTS) is 1. The van der Waals surface area contributed by atoms with E-state index in [0.29, 0.717) is 5.69 Å². The molecule has 0 amide bonds. The second-order valence-corrected chi connectivity index (χ2v) is 4.86. The molecular formula is C14H11BrFNO2. The first-order valence-electron chi connectivity index (χ1n) is 5.57. The molecule has 0 bridgehead atoms. The lowest BCUT2D eigenvalue weighted by Crippen LogP contribution is -2.21. The molecule has 1 unspecified atom stereocenters. The van der Waals surface area contributed by atoms with Gasteiger partial charge in [-0.3, -0.25) is 0 Å². The minimum atomic E-state index is -1.13. The summed E-state index contributed by atoms with van der Waals surface area (Å²) in [5.74, 6) is -1.68. The molecule has 0 aliphatic heterocycles. The van der Waals surface area contributed by atoms with Crippen molar-refractivity contribution in [1.82, 2.24) is 0 Å². The number of carboxylic acids is 1. The molecular weight excluding hydrogens is 313 g/mol. The average molecular weight is 324 g/mol. The molecule has 0 aromatic heterocycles. The molecule has 3 nitrogen and oxygen atoms in total. The normalized spacial score (nSPS) is 11.9. The van der Waals surface area contributed by atoms with Gasteiger partial charge in [0.1, 0.15) is 5.82 Å². The fraction of sp³-hybridized carbons (Fsp3) is 0.0714. The molecule has 0 spiro atoms. The molecule has 2 aromatic rings. The lowest BCUT2D eigenvalue weighted by molar-refractivity contribution is -0.138. The van der Waals surface area contributed by atoms with Gasteiger partial charge >= 0.3 is 5.97 Å². The van der Waals surface area contributed by atoms with E-state index in [1.54, 1.807) is 24.3 Å². The summed E-state index contributed by atoms with van der Waals surface area (Å²) < 4.78 is 14.5. The van der Waals surface area contributed by atoms with Gasteiger partial charge in [0.05, 0.1) is 0 Å². The second kappa shape index (κ2) is 5.84. The lowest BCUT2D eigenvalue weighted by atomic mass is 10.1. The van der Waals surface area contributed by atoms with E-state index in [4.69, 9.17) is 0 Å². The lowest BCUT2D eigenvalue weighted by Gasteiger charge is -2.17. The van der Waals surface area contributed by atoms with Gasteiger partial charge in [0.15, 0.2) is 6.04 Å². The van der Waals surface area contributed by atoms with Crippen LogP contribution >= 0.6 is 15.9 Å². The van der Waals surface area contributed by atoms with Crippen molar-refractivity contribution in [2.24, 2.45) is 0 Å². The van der Waals surface area contributed by atoms with Gasteiger partial charge in [-0.2, -0.15) is 0 Å². The summed E-state index contributed by atoms with van der Waals surface area (Å²) in [5, 5.41) is 12.0. The van der Waals surface area contributed by atoms with Crippen LogP contribution in [0.25, 0.3) is 0 Å². The third-order valence-electron chi connectivity index (χ3n) is 2.60. The van der Waals surface area contributed by atoms with Gasteiger partial charge in [-0.15, -0.1) is 0 Å². The third kappa shape index (κ3) is 3.32. The summed E-state index contributed by atoms with van der Waals surface area (Å²) in [6, 6.07) is 11.8. The Morgan fingerprint density at radius 2 is 1.95 bits per heavy atom. The van der Waals surface area contributed by atoms with Gasteiger partial charge < -0.3 is 10.4 Å². The van der Waals surface area contributed by atoms with Crippen LogP contribution < -0.4 is 5.32 Å². The molecule has 0 fully saturated rings. The van der Waals surface area contributed by atoms with Crippen LogP contribution in [-0.2, 0) is 4.79 Å². The summed E-state index contributed by atoms with van der Waals surface area (Å²) >= 11 is 3.30. The van der Waals surface area contributed by atoms with E-state index >= 15 is 0 Å². The number of nitrogens with one attached hydrogen (secondary N) is 1. The topological polar surface area (TPSA) is 49.3 Å². The van der Waals surface area contributed by atoms with Crippen molar-refractivity contribution in [1.29, 1.82) is 0 Å². The maximum atomic E-state index is 13.7. The number of aliphatic carboxylic acids is 1. The predicted octanol–water partition coefficient (Wildman–Crippen LogP) is 3.83. The van der Waals surface area contributed by atoms with E-state index in [1.165, 1.54) is 18.2 Å². The second-order valence-electron chi connectivity index (χ2n) is 3.95. The molecule has 2 N–H and O–H groups in total. The van der Waals surface area contributed by atoms with Crippen LogP contribution in [0.4, 0.5) is 10.1 Å². The Morgan fingerprint density at radius 3 is 2.58 bits per heavy atom. The van der Waals surface area contributed by atoms with Gasteiger partial charge in [0.2, 0.25) is 0 Å². The van der Waals surface area contributed by atoms with Crippen molar-refractivity contribution in [2.45, 2.75) is 6.04 Å². The van der Waals surface area contributed by atoms with Gasteiger partial charge in [-0.05, 0) is 24.3 Å². The monoisotopic (exact) mass is 323 g/mol. The number of hydrogen-bond acceptors (Lipinski definition) is 2. The third-order valence-corrected chi connectivity index (χ3v) is 3.09. The number of hydrogen-bond donors (Lipinski definition) is 2. The Kier molecular flexibility index (Phi) is 4.16. The Bertz CT molecular complexity index is 604. The van der Waals surface area contributed by atoms with E-state index in [2.05, 4.69) is 21.2 Å². The predicted molar refractivity (Wildman–Crippen MR) is 74.5 cm³/mol. The highest BCUT2D eigenvalue weighted by atomic mass is 79.9. The zero-order valence-corrected chi connectivity index (χ0v) is 11.4. The molecule has 0 radical (unpaired) electrons. The molecule has 1 atom stereocenters. The first kappa shape index (κ1) is 13.5. The number of rotatable bonds is 4. The average Bonchev–Trinajstić information content (AvgIpc) is 2.37. The molecule has 0 saturated heterocycles. The number of carbonyl (C=O) groups is 1. The maximum absolute atomic E-state index is 13.7. The summed E-state index contributed by atoms with van der Waals surface area (Å²) in [4.78, 5) is 11.3. The van der Waals surface area contributed by atoms with Crippen molar-refractivity contribution < 1.29 is 14.3 Å². The molecule has 5 heteroatoms. The summed E-state index contributed by atoms with van der Waals surface area (Å²) in [7, 11) is 0. The zero-order valence-electron chi connectivity index (χ0n) is 9.81. The fourth-order valence-corrected chi connectivity index (χ4v) is 2.13. The van der Waals surface area contributed by atoms with Crippen LogP contribution in [0.3, 0.4) is 0 Å². The first-order chi connectivity index (χ1) is 9.08. The first-order valence-corrected chi connectivity index (χ1v) is 6.36. The number of anilines is 1. The van der Waals surface area contributed by atoms with E-state index in [0.717, 1.165) is 4.47 Å². The van der Waals surface area contributed by atoms with E-state index in [1.807, 2.05) is 6.07 Å². The quantitative estimate of drug-likeness (QED) is 0.899. The molecule has 19 heavy (non-hydrogen) atoms. The van der Waals surface area contributed by atoms with Gasteiger partial charge in [0.25, 0.3) is 0 Å². The Morgan fingerprint density at radius 1 is 1.21 bits per heavy atom. The van der Waals surface area contributed by atoms with Crippen molar-refractivity contribution in [3.8, 4) is 0 Å². The van der Waals surface area contributed by atoms with Crippen LogP contribution in [0.5, 0.6) is 0 Å². The summed E-state index contributed by atoms with van der Waals surface area (Å²) in [5.41, 5.74) is 0.708. The van der Waals surface area contributed by atoms with Gasteiger partial charge in [-0.25, -0.2) is 9.18 Å². The number of halogens is 2. The summed E-state index contributed by atoms with van der Waals surface area (Å²) in [6.45, 7) is 0. The maximum Gasteiger partial charge on any atom is 0.330 e. The van der Waals surface area contributed by atoms with E-state index in [-0.39, 0.29) is 5.56 Å². The minimum Gasteiger partial charge on any atom is -0.479 e. The van der Waals surface area contributed by atoms with Crippen molar-refractivity contribution >= 4 is 27.6 Å². The number of benzene rings is 2. The molecule has 2 aromatic carbocycles. The smallest absolute Gasteiger partial charge is 0.330 e. The van der Waals surface area contributed by atoms with Crippen molar-refractivity contribution in [3.05, 3.63) is 64.4 Å². The molecule has 0 heterocycles. The standard InChI is InChI=1S/C14H11BrFNO2/c15-9-4-3-5-10(8-9)17-13(14(18)19)11-6-1-2-7-12(11)16/h1-8,13,17H,(H,18,19). The van der Waals surface area contributed by atoms with Gasteiger partial charge in [-0.1, -0.05) is 40.2 Å². The Labute approximate surface area is 118 Å². The minimum absolute atomic E-state index is 0.106. The Hall–Kier alpha value is -1.88. The molecule has 0 aliphatic carbocycles. The van der Waals surface area contributed by atoms with E-state index < -0.39 is 17.8 Å². The summed E-state index contributed by atoms with van der Waals surface area (Å²) in [6.07, 6.45) is 0. The van der Waals surface area contributed by atoms with Crippen LogP contribution in [0, 0.1) is 5.82 Å². The van der Waals surface area contributed by atoms with Crippen LogP contribution in [0.15, 0.2) is 53.0 Å². The van der Waals surface area contributed by atoms with Crippen LogP contribution in [0.2, 0.25) is 0 Å². The highest BCUT2D eigenvalue weighted by Gasteiger charge is 2.22. The fourth-order valence-electron chi connectivity index (χ4n) is 1.73. The highest BCUT2D eigenvalue weighted by molar-refractivity contribution is 9.10. The van der Waals surface area contributed by atoms with Crippen molar-refractivity contribution in [2.75, 3.05) is 5.32 Å². The Balaban J connectivity index is 2.32. The zero-order chi connectivity index (χ0) is 13.8. The molecule has 98 valence electrons. The largest absolute Gasteiger partial charge is 0.479 e. The van der Waals surface area contributed by atoms with Crippen LogP contribution in [-0.4, -0.2) is 11.1 Å². The van der Waals surface area contributed by atoms with E-state index in [9.17, 15) is 14.3 Å². The highest BCUT2D eigenvalue weighted by Crippen LogP contribution is 2.24. The van der Waals surface area contributed by atoms with Crippen LogP contribution in [0.1, 0.15) is 11.6 Å². The molecule has 0 saturated carbocycles. The SMILES string of the molecule is O=C(O)C(Nc1cccc(Br)c1)c1ccccc1F.